The van der Waals surface area contributed by atoms with E-state index in [1.54, 1.807) is 49.6 Å². The molecule has 7 nitrogen and oxygen atoms in total. The lowest BCUT2D eigenvalue weighted by atomic mass is 9.87. The highest BCUT2D eigenvalue weighted by atomic mass is 16.5. The number of carboxylic acids is 1. The van der Waals surface area contributed by atoms with Gasteiger partial charge < -0.3 is 25.3 Å². The van der Waals surface area contributed by atoms with Crippen molar-refractivity contribution in [3.05, 3.63) is 101 Å². The Morgan fingerprint density at radius 1 is 0.829 bits per heavy atom. The molecule has 0 unspecified atom stereocenters. The van der Waals surface area contributed by atoms with Crippen molar-refractivity contribution in [2.24, 2.45) is 0 Å². The topological polar surface area (TPSA) is 108 Å². The third-order valence-electron chi connectivity index (χ3n) is 5.31. The molecule has 3 aromatic carbocycles. The molecule has 2 amide bonds. The minimum Gasteiger partial charge on any atom is -0.545 e. The first-order chi connectivity index (χ1) is 16.6. The maximum Gasteiger partial charge on any atom is 0.272 e. The molecule has 0 spiro atoms. The number of carbonyl (C=O) groups excluding carboxylic acids is 3. The van der Waals surface area contributed by atoms with Crippen LogP contribution < -0.4 is 20.5 Å². The molecular weight excluding hydrogens is 444 g/mol. The molecule has 0 aliphatic heterocycles. The van der Waals surface area contributed by atoms with E-state index in [0.29, 0.717) is 22.6 Å². The Morgan fingerprint density at radius 3 is 1.91 bits per heavy atom. The number of anilines is 1. The second-order valence-corrected chi connectivity index (χ2v) is 8.93. The molecule has 0 aliphatic carbocycles. The van der Waals surface area contributed by atoms with Gasteiger partial charge in [0.25, 0.3) is 11.8 Å². The first kappa shape index (κ1) is 25.2. The van der Waals surface area contributed by atoms with Gasteiger partial charge in [-0.2, -0.15) is 0 Å². The van der Waals surface area contributed by atoms with Crippen molar-refractivity contribution in [3.8, 4) is 5.75 Å². The van der Waals surface area contributed by atoms with Crippen LogP contribution in [0.15, 0.2) is 78.5 Å². The van der Waals surface area contributed by atoms with Crippen LogP contribution in [-0.4, -0.2) is 24.9 Å². The van der Waals surface area contributed by atoms with Gasteiger partial charge in [-0.1, -0.05) is 57.2 Å². The van der Waals surface area contributed by atoms with E-state index < -0.39 is 17.8 Å². The Bertz CT molecular complexity index is 1240. The summed E-state index contributed by atoms with van der Waals surface area (Å²) < 4.78 is 5.17. The Balaban J connectivity index is 1.86. The number of benzene rings is 3. The van der Waals surface area contributed by atoms with Crippen LogP contribution >= 0.6 is 0 Å². The number of hydrogen-bond donors (Lipinski definition) is 2. The zero-order valence-corrected chi connectivity index (χ0v) is 20.0. The predicted molar refractivity (Wildman–Crippen MR) is 133 cm³/mol. The molecule has 35 heavy (non-hydrogen) atoms. The maximum absolute atomic E-state index is 13.1. The number of ether oxygens (including phenoxy) is 1. The highest BCUT2D eigenvalue weighted by molar-refractivity contribution is 6.10. The number of nitrogens with one attached hydrogen (secondary N) is 2. The summed E-state index contributed by atoms with van der Waals surface area (Å²) in [5.74, 6) is -1.66. The van der Waals surface area contributed by atoms with E-state index in [1.807, 2.05) is 12.1 Å². The second-order valence-electron chi connectivity index (χ2n) is 8.93. The summed E-state index contributed by atoms with van der Waals surface area (Å²) in [6.45, 7) is 6.25. The molecule has 3 rings (SSSR count). The molecule has 2 N–H and O–H groups in total. The zero-order chi connectivity index (χ0) is 25.6. The molecule has 3 aromatic rings. The molecule has 0 fully saturated rings. The average Bonchev–Trinajstić information content (AvgIpc) is 2.84. The van der Waals surface area contributed by atoms with Gasteiger partial charge in [0.05, 0.1) is 13.1 Å². The minimum absolute atomic E-state index is 0.0102. The minimum atomic E-state index is -1.31. The van der Waals surface area contributed by atoms with Crippen LogP contribution in [0, 0.1) is 0 Å². The van der Waals surface area contributed by atoms with E-state index in [1.165, 1.54) is 24.3 Å². The standard InChI is InChI=1S/C28H28N2O5/c1-28(2,3)21-11-7-19(8-12-21)25(31)30-24(17-18-5-15-23(35-4)16-6-18)26(32)29-22-13-9-20(10-14-22)27(33)34/h5-17H,1-4H3,(H,29,32)(H,30,31)(H,33,34)/p-1/b24-17+. The van der Waals surface area contributed by atoms with Crippen molar-refractivity contribution in [2.75, 3.05) is 12.4 Å². The zero-order valence-electron chi connectivity index (χ0n) is 20.0. The fourth-order valence-electron chi connectivity index (χ4n) is 3.23. The molecule has 0 saturated heterocycles. The molecule has 0 atom stereocenters. The van der Waals surface area contributed by atoms with Gasteiger partial charge in [0.15, 0.2) is 0 Å². The van der Waals surface area contributed by atoms with Crippen LogP contribution in [0.4, 0.5) is 5.69 Å². The Hall–Kier alpha value is -4.39. The smallest absolute Gasteiger partial charge is 0.272 e. The van der Waals surface area contributed by atoms with Gasteiger partial charge in [-0.15, -0.1) is 0 Å². The van der Waals surface area contributed by atoms with Crippen molar-refractivity contribution in [3.63, 3.8) is 0 Å². The predicted octanol–water partition coefficient (Wildman–Crippen LogP) is 3.77. The monoisotopic (exact) mass is 471 g/mol. The molecule has 0 heterocycles. The molecule has 7 heteroatoms. The van der Waals surface area contributed by atoms with Crippen molar-refractivity contribution >= 4 is 29.5 Å². The lowest BCUT2D eigenvalue weighted by molar-refractivity contribution is -0.255. The Kier molecular flexibility index (Phi) is 7.71. The summed E-state index contributed by atoms with van der Waals surface area (Å²) in [5.41, 5.74) is 2.48. The van der Waals surface area contributed by atoms with Crippen LogP contribution in [0.2, 0.25) is 0 Å². The third-order valence-corrected chi connectivity index (χ3v) is 5.31. The van der Waals surface area contributed by atoms with Gasteiger partial charge in [-0.05, 0) is 64.6 Å². The summed E-state index contributed by atoms with van der Waals surface area (Å²) in [5, 5.41) is 16.3. The SMILES string of the molecule is COc1ccc(/C=C(/NC(=O)c2ccc(C(C)(C)C)cc2)C(=O)Nc2ccc(C(=O)[O-])cc2)cc1. The fourth-order valence-corrected chi connectivity index (χ4v) is 3.23. The Morgan fingerprint density at radius 2 is 1.40 bits per heavy atom. The van der Waals surface area contributed by atoms with Gasteiger partial charge in [-0.3, -0.25) is 9.59 Å². The average molecular weight is 472 g/mol. The van der Waals surface area contributed by atoms with Crippen molar-refractivity contribution in [1.29, 1.82) is 0 Å². The van der Waals surface area contributed by atoms with Crippen molar-refractivity contribution in [2.45, 2.75) is 26.2 Å². The quantitative estimate of drug-likeness (QED) is 0.510. The lowest BCUT2D eigenvalue weighted by Gasteiger charge is -2.19. The van der Waals surface area contributed by atoms with Gasteiger partial charge in [0, 0.05) is 11.3 Å². The highest BCUT2D eigenvalue weighted by Gasteiger charge is 2.17. The van der Waals surface area contributed by atoms with E-state index in [-0.39, 0.29) is 16.7 Å². The van der Waals surface area contributed by atoms with Gasteiger partial charge in [0.2, 0.25) is 0 Å². The van der Waals surface area contributed by atoms with Crippen LogP contribution in [0.1, 0.15) is 52.6 Å². The summed E-state index contributed by atoms with van der Waals surface area (Å²) in [6, 6.07) is 19.8. The van der Waals surface area contributed by atoms with Gasteiger partial charge in [-0.25, -0.2) is 0 Å². The van der Waals surface area contributed by atoms with E-state index in [0.717, 1.165) is 5.56 Å². The van der Waals surface area contributed by atoms with E-state index in [4.69, 9.17) is 4.74 Å². The first-order valence-electron chi connectivity index (χ1n) is 11.0. The maximum atomic E-state index is 13.1. The largest absolute Gasteiger partial charge is 0.545 e. The lowest BCUT2D eigenvalue weighted by Crippen LogP contribution is -2.31. The van der Waals surface area contributed by atoms with Gasteiger partial charge >= 0.3 is 0 Å². The van der Waals surface area contributed by atoms with Crippen molar-refractivity contribution in [1.82, 2.24) is 5.32 Å². The third kappa shape index (κ3) is 6.80. The number of methoxy groups -OCH3 is 1. The number of hydrogen-bond acceptors (Lipinski definition) is 5. The summed E-state index contributed by atoms with van der Waals surface area (Å²) >= 11 is 0. The number of rotatable bonds is 7. The summed E-state index contributed by atoms with van der Waals surface area (Å²) in [7, 11) is 1.56. The van der Waals surface area contributed by atoms with Crippen LogP contribution in [0.25, 0.3) is 6.08 Å². The highest BCUT2D eigenvalue weighted by Crippen LogP contribution is 2.22. The molecule has 0 radical (unpaired) electrons. The molecule has 0 aromatic heterocycles. The van der Waals surface area contributed by atoms with E-state index >= 15 is 0 Å². The number of carboxylic acid groups (broad SMARTS) is 1. The van der Waals surface area contributed by atoms with E-state index in [9.17, 15) is 19.5 Å². The number of carbonyl (C=O) groups is 3. The van der Waals surface area contributed by atoms with Crippen LogP contribution in [0.5, 0.6) is 5.75 Å². The van der Waals surface area contributed by atoms with Gasteiger partial charge in [0.1, 0.15) is 11.4 Å². The summed E-state index contributed by atoms with van der Waals surface area (Å²) in [4.78, 5) is 37.0. The fraction of sp³-hybridized carbons (Fsp3) is 0.179. The summed E-state index contributed by atoms with van der Waals surface area (Å²) in [6.07, 6.45) is 1.55. The number of amides is 2. The number of aromatic carboxylic acids is 1. The normalized spacial score (nSPS) is 11.5. The molecule has 0 bridgehead atoms. The van der Waals surface area contributed by atoms with Crippen molar-refractivity contribution < 1.29 is 24.2 Å². The van der Waals surface area contributed by atoms with Crippen LogP contribution in [-0.2, 0) is 10.2 Å². The molecule has 180 valence electrons. The molecule has 0 aliphatic rings. The second kappa shape index (κ2) is 10.7. The van der Waals surface area contributed by atoms with E-state index in [2.05, 4.69) is 31.4 Å². The molecule has 0 saturated carbocycles. The Labute approximate surface area is 204 Å². The molecular formula is C28H27N2O5-. The first-order valence-corrected chi connectivity index (χ1v) is 11.0. The van der Waals surface area contributed by atoms with Crippen LogP contribution in [0.3, 0.4) is 0 Å².